The number of nitrogens with zero attached hydrogens (tertiary/aromatic N) is 3. The Labute approximate surface area is 322 Å². The third-order valence-corrected chi connectivity index (χ3v) is 10.5. The zero-order chi connectivity index (χ0) is 37.0. The molecule has 0 bridgehead atoms. The minimum Gasteiger partial charge on any atom is -0.455 e. The molecule has 11 aromatic rings. The summed E-state index contributed by atoms with van der Waals surface area (Å²) in [6.07, 6.45) is 0. The number of benzene rings is 8. The van der Waals surface area contributed by atoms with Crippen molar-refractivity contribution >= 4 is 43.9 Å². The molecule has 3 aromatic heterocycles. The summed E-state index contributed by atoms with van der Waals surface area (Å²) < 4.78 is 13.7. The second kappa shape index (κ2) is 13.0. The molecule has 0 unspecified atom stereocenters. The maximum Gasteiger partial charge on any atom is 0.167 e. The number of hydrogen-bond donors (Lipinski definition) is 0. The van der Waals surface area contributed by atoms with Crippen LogP contribution in [-0.4, -0.2) is 15.0 Å². The molecule has 11 rings (SSSR count). The Morgan fingerprint density at radius 1 is 0.268 bits per heavy atom. The first-order chi connectivity index (χ1) is 27.7. The van der Waals surface area contributed by atoms with Crippen molar-refractivity contribution in [1.82, 2.24) is 15.0 Å². The van der Waals surface area contributed by atoms with Gasteiger partial charge in [0, 0.05) is 43.8 Å². The van der Waals surface area contributed by atoms with E-state index in [-0.39, 0.29) is 0 Å². The lowest BCUT2D eigenvalue weighted by Crippen LogP contribution is -2.00. The van der Waals surface area contributed by atoms with Gasteiger partial charge in [0.25, 0.3) is 0 Å². The highest BCUT2D eigenvalue weighted by Gasteiger charge is 2.22. The third kappa shape index (κ3) is 5.37. The summed E-state index contributed by atoms with van der Waals surface area (Å²) in [5, 5.41) is 4.11. The molecule has 8 aromatic carbocycles. The molecule has 0 saturated carbocycles. The van der Waals surface area contributed by atoms with Gasteiger partial charge in [0.1, 0.15) is 22.3 Å². The number of hydrogen-bond acceptors (Lipinski definition) is 5. The molecule has 5 nitrogen and oxygen atoms in total. The standard InChI is InChI=1S/C51H31N3O2/c1-4-15-32(16-5-1)35-21-12-22-36(29-35)37-30-43-38-23-10-11-28-45(38)55-48(43)44(31-37)41-26-13-24-39-40-25-14-27-42(47(40)56-46(39)41)51-53-49(33-17-6-2-7-18-33)52-50(54-51)34-19-8-3-9-20-34/h1-31H. The largest absolute Gasteiger partial charge is 0.455 e. The average molecular weight is 718 g/mol. The monoisotopic (exact) mass is 717 g/mol. The molecule has 262 valence electrons. The zero-order valence-corrected chi connectivity index (χ0v) is 30.1. The van der Waals surface area contributed by atoms with Gasteiger partial charge in [-0.25, -0.2) is 15.0 Å². The van der Waals surface area contributed by atoms with E-state index in [0.29, 0.717) is 23.1 Å². The first kappa shape index (κ1) is 31.9. The van der Waals surface area contributed by atoms with E-state index in [4.69, 9.17) is 23.8 Å². The summed E-state index contributed by atoms with van der Waals surface area (Å²) in [6.45, 7) is 0. The molecule has 0 aliphatic heterocycles. The van der Waals surface area contributed by atoms with Crippen LogP contribution in [0.3, 0.4) is 0 Å². The third-order valence-electron chi connectivity index (χ3n) is 10.5. The maximum absolute atomic E-state index is 7.02. The Hall–Kier alpha value is -7.63. The first-order valence-electron chi connectivity index (χ1n) is 18.7. The fourth-order valence-electron chi connectivity index (χ4n) is 7.84. The summed E-state index contributed by atoms with van der Waals surface area (Å²) >= 11 is 0. The Morgan fingerprint density at radius 3 is 1.43 bits per heavy atom. The minimum absolute atomic E-state index is 0.545. The Kier molecular flexibility index (Phi) is 7.42. The van der Waals surface area contributed by atoms with Gasteiger partial charge in [-0.15, -0.1) is 0 Å². The lowest BCUT2D eigenvalue weighted by atomic mass is 9.93. The van der Waals surface area contributed by atoms with Crippen LogP contribution in [-0.2, 0) is 0 Å². The SMILES string of the molecule is c1ccc(-c2cccc(-c3cc(-c4cccc5c4oc4c(-c6nc(-c7ccccc7)nc(-c7ccccc7)n6)cccc45)c4oc5ccccc5c4c3)c2)cc1. The molecule has 0 atom stereocenters. The van der Waals surface area contributed by atoms with Crippen LogP contribution in [0.2, 0.25) is 0 Å². The number of furan rings is 2. The van der Waals surface area contributed by atoms with E-state index in [9.17, 15) is 0 Å². The van der Waals surface area contributed by atoms with E-state index in [1.165, 1.54) is 5.56 Å². The first-order valence-corrected chi connectivity index (χ1v) is 18.7. The molecule has 3 heterocycles. The normalized spacial score (nSPS) is 11.6. The Balaban J connectivity index is 1.14. The molecule has 5 heteroatoms. The number of fused-ring (bicyclic) bond motifs is 6. The van der Waals surface area contributed by atoms with Crippen molar-refractivity contribution in [2.75, 3.05) is 0 Å². The Morgan fingerprint density at radius 2 is 0.750 bits per heavy atom. The fraction of sp³-hybridized carbons (Fsp3) is 0. The van der Waals surface area contributed by atoms with E-state index in [1.54, 1.807) is 0 Å². The molecule has 0 fully saturated rings. The van der Waals surface area contributed by atoms with E-state index >= 15 is 0 Å². The molecular weight excluding hydrogens is 687 g/mol. The second-order valence-electron chi connectivity index (χ2n) is 14.0. The highest BCUT2D eigenvalue weighted by atomic mass is 16.3. The van der Waals surface area contributed by atoms with Crippen LogP contribution in [0, 0.1) is 0 Å². The van der Waals surface area contributed by atoms with Crippen LogP contribution in [0.1, 0.15) is 0 Å². The molecule has 0 aliphatic rings. The lowest BCUT2D eigenvalue weighted by molar-refractivity contribution is 0.665. The van der Waals surface area contributed by atoms with Gasteiger partial charge >= 0.3 is 0 Å². The van der Waals surface area contributed by atoms with Gasteiger partial charge < -0.3 is 8.83 Å². The molecule has 0 aliphatic carbocycles. The quantitative estimate of drug-likeness (QED) is 0.171. The van der Waals surface area contributed by atoms with Crippen LogP contribution in [0.5, 0.6) is 0 Å². The van der Waals surface area contributed by atoms with Crippen molar-refractivity contribution in [2.24, 2.45) is 0 Å². The number of rotatable bonds is 6. The van der Waals surface area contributed by atoms with Gasteiger partial charge in [-0.05, 0) is 52.6 Å². The highest BCUT2D eigenvalue weighted by Crippen LogP contribution is 2.45. The van der Waals surface area contributed by atoms with Gasteiger partial charge in [-0.1, -0.05) is 158 Å². The van der Waals surface area contributed by atoms with E-state index in [1.807, 2.05) is 91.0 Å². The molecule has 56 heavy (non-hydrogen) atoms. The predicted octanol–water partition coefficient (Wildman–Crippen LogP) is 13.7. The predicted molar refractivity (Wildman–Crippen MR) is 227 cm³/mol. The van der Waals surface area contributed by atoms with Gasteiger partial charge in [-0.2, -0.15) is 0 Å². The zero-order valence-electron chi connectivity index (χ0n) is 30.1. The summed E-state index contributed by atoms with van der Waals surface area (Å²) in [4.78, 5) is 15.0. The summed E-state index contributed by atoms with van der Waals surface area (Å²) in [7, 11) is 0. The van der Waals surface area contributed by atoms with E-state index in [0.717, 1.165) is 82.8 Å². The van der Waals surface area contributed by atoms with Gasteiger partial charge in [0.2, 0.25) is 0 Å². The van der Waals surface area contributed by atoms with Crippen molar-refractivity contribution in [1.29, 1.82) is 0 Å². The van der Waals surface area contributed by atoms with Crippen LogP contribution < -0.4 is 0 Å². The van der Waals surface area contributed by atoms with Crippen molar-refractivity contribution in [3.8, 4) is 67.5 Å². The van der Waals surface area contributed by atoms with Crippen LogP contribution >= 0.6 is 0 Å². The molecular formula is C51H31N3O2. The van der Waals surface area contributed by atoms with Crippen LogP contribution in [0.25, 0.3) is 111 Å². The van der Waals surface area contributed by atoms with Crippen molar-refractivity contribution < 1.29 is 8.83 Å². The van der Waals surface area contributed by atoms with Crippen molar-refractivity contribution in [3.05, 3.63) is 188 Å². The fourth-order valence-corrected chi connectivity index (χ4v) is 7.84. The molecule has 0 saturated heterocycles. The summed E-state index contributed by atoms with van der Waals surface area (Å²) in [5.74, 6) is 1.75. The molecule has 0 amide bonds. The summed E-state index contributed by atoms with van der Waals surface area (Å²) in [6, 6.07) is 64.5. The van der Waals surface area contributed by atoms with Crippen molar-refractivity contribution in [3.63, 3.8) is 0 Å². The molecule has 0 N–H and O–H groups in total. The minimum atomic E-state index is 0.545. The van der Waals surface area contributed by atoms with Crippen LogP contribution in [0.4, 0.5) is 0 Å². The van der Waals surface area contributed by atoms with E-state index < -0.39 is 0 Å². The van der Waals surface area contributed by atoms with Crippen LogP contribution in [0.15, 0.2) is 197 Å². The van der Waals surface area contributed by atoms with Gasteiger partial charge in [0.05, 0.1) is 5.56 Å². The topological polar surface area (TPSA) is 65.0 Å². The Bertz CT molecular complexity index is 3180. The molecule has 0 spiro atoms. The summed E-state index contributed by atoms with van der Waals surface area (Å²) in [5.41, 5.74) is 12.2. The molecule has 0 radical (unpaired) electrons. The second-order valence-corrected chi connectivity index (χ2v) is 14.0. The van der Waals surface area contributed by atoms with Crippen molar-refractivity contribution in [2.45, 2.75) is 0 Å². The van der Waals surface area contributed by atoms with Gasteiger partial charge in [0.15, 0.2) is 17.5 Å². The van der Waals surface area contributed by atoms with Gasteiger partial charge in [-0.3, -0.25) is 0 Å². The average Bonchev–Trinajstić information content (AvgIpc) is 3.86. The number of aromatic nitrogens is 3. The number of para-hydroxylation sites is 3. The lowest BCUT2D eigenvalue weighted by Gasteiger charge is -2.10. The maximum atomic E-state index is 7.02. The highest BCUT2D eigenvalue weighted by molar-refractivity contribution is 6.17. The smallest absolute Gasteiger partial charge is 0.167 e. The van der Waals surface area contributed by atoms with E-state index in [2.05, 4.69) is 97.1 Å².